The molecule has 0 radical (unpaired) electrons. The second-order valence-corrected chi connectivity index (χ2v) is 11.3. The molecule has 33 heavy (non-hydrogen) atoms. The fraction of sp³-hybridized carbons (Fsp3) is 0.840. The van der Waals surface area contributed by atoms with Crippen molar-refractivity contribution in [3.05, 3.63) is 11.6 Å². The maximum absolute atomic E-state index is 12.4. The van der Waals surface area contributed by atoms with Crippen molar-refractivity contribution in [2.45, 2.75) is 109 Å². The highest BCUT2D eigenvalue weighted by Crippen LogP contribution is 2.70. The van der Waals surface area contributed by atoms with Crippen molar-refractivity contribution in [1.29, 1.82) is 0 Å². The molecule has 4 aliphatic carbocycles. The van der Waals surface area contributed by atoms with Crippen LogP contribution in [0.25, 0.3) is 0 Å². The Hall–Kier alpha value is -1.48. The maximum atomic E-state index is 12.4. The summed E-state index contributed by atoms with van der Waals surface area (Å²) in [6.07, 6.45) is 0.772. The zero-order valence-corrected chi connectivity index (χ0v) is 20.2. The van der Waals surface area contributed by atoms with Crippen LogP contribution < -0.4 is 0 Å². The van der Waals surface area contributed by atoms with Gasteiger partial charge in [-0.2, -0.15) is 0 Å². The van der Waals surface area contributed by atoms with E-state index in [0.717, 1.165) is 5.57 Å². The number of hydrogen-bond donors (Lipinski definition) is 4. The van der Waals surface area contributed by atoms with E-state index in [1.807, 2.05) is 13.0 Å². The molecule has 4 N–H and O–H groups in total. The lowest BCUT2D eigenvalue weighted by Crippen LogP contribution is -2.80. The van der Waals surface area contributed by atoms with E-state index in [2.05, 4.69) is 0 Å². The Labute approximate surface area is 195 Å². The van der Waals surface area contributed by atoms with E-state index in [-0.39, 0.29) is 12.8 Å². The highest BCUT2D eigenvalue weighted by Gasteiger charge is 2.80. The monoisotopic (exact) mass is 466 g/mol. The minimum absolute atomic E-state index is 0.123. The van der Waals surface area contributed by atoms with Crippen LogP contribution in [0.3, 0.4) is 0 Å². The number of rotatable bonds is 3. The number of esters is 2. The molecule has 10 atom stereocenters. The van der Waals surface area contributed by atoms with E-state index < -0.39 is 70.2 Å². The zero-order valence-electron chi connectivity index (χ0n) is 20.2. The van der Waals surface area contributed by atoms with Crippen molar-refractivity contribution in [1.82, 2.24) is 0 Å². The quantitative estimate of drug-likeness (QED) is 0.364. The largest absolute Gasteiger partial charge is 0.458 e. The molecule has 8 nitrogen and oxygen atoms in total. The van der Waals surface area contributed by atoms with Crippen molar-refractivity contribution < 1.29 is 39.5 Å². The molecule has 4 aliphatic rings. The minimum Gasteiger partial charge on any atom is -0.458 e. The van der Waals surface area contributed by atoms with Gasteiger partial charge in [0.1, 0.15) is 23.4 Å². The predicted molar refractivity (Wildman–Crippen MR) is 118 cm³/mol. The van der Waals surface area contributed by atoms with E-state index in [9.17, 15) is 30.0 Å². The van der Waals surface area contributed by atoms with Crippen molar-refractivity contribution in [2.24, 2.45) is 22.7 Å². The third-order valence-electron chi connectivity index (χ3n) is 9.64. The van der Waals surface area contributed by atoms with E-state index in [1.54, 1.807) is 13.8 Å². The third-order valence-corrected chi connectivity index (χ3v) is 9.64. The topological polar surface area (TPSA) is 134 Å². The first-order chi connectivity index (χ1) is 15.2. The lowest BCUT2D eigenvalue weighted by Gasteiger charge is -2.68. The lowest BCUT2D eigenvalue weighted by atomic mass is 9.42. The van der Waals surface area contributed by atoms with E-state index in [0.29, 0.717) is 25.7 Å². The summed E-state index contributed by atoms with van der Waals surface area (Å²) in [5.41, 5.74) is -4.34. The Morgan fingerprint density at radius 1 is 1.09 bits per heavy atom. The number of aliphatic hydroxyl groups excluding tert-OH is 2. The number of carbonyl (C=O) groups excluding carboxylic acids is 2. The summed E-state index contributed by atoms with van der Waals surface area (Å²) >= 11 is 0. The van der Waals surface area contributed by atoms with Crippen molar-refractivity contribution >= 4 is 11.9 Å². The van der Waals surface area contributed by atoms with Crippen LogP contribution in [0.5, 0.6) is 0 Å². The molecule has 0 aromatic rings. The Morgan fingerprint density at radius 2 is 1.73 bits per heavy atom. The van der Waals surface area contributed by atoms with Gasteiger partial charge in [-0.15, -0.1) is 0 Å². The van der Waals surface area contributed by atoms with Crippen LogP contribution >= 0.6 is 0 Å². The SMILES string of the molecule is CC(=O)O[C@@H]1[C@@H](OC(C)=O)[C@]2(C)[C@@H](C(C)O)CC[C@]2(O)[C@]2(O)CC=C3C[C@@H](O)CC[C@]3(C)[C@@H]12. The summed E-state index contributed by atoms with van der Waals surface area (Å²) < 4.78 is 11.7. The Bertz CT molecular complexity index is 868. The molecule has 0 bridgehead atoms. The van der Waals surface area contributed by atoms with Gasteiger partial charge in [-0.05, 0) is 56.8 Å². The Balaban J connectivity index is 1.98. The molecule has 4 rings (SSSR count). The van der Waals surface area contributed by atoms with Gasteiger partial charge in [-0.1, -0.05) is 25.5 Å². The molecule has 186 valence electrons. The number of fused-ring (bicyclic) bond motifs is 5. The normalized spacial score (nSPS) is 49.7. The smallest absolute Gasteiger partial charge is 0.303 e. The molecule has 8 heteroatoms. The maximum Gasteiger partial charge on any atom is 0.303 e. The summed E-state index contributed by atoms with van der Waals surface area (Å²) in [6.45, 7) is 7.90. The van der Waals surface area contributed by atoms with Crippen LogP contribution in [0.15, 0.2) is 11.6 Å². The summed E-state index contributed by atoms with van der Waals surface area (Å²) in [5, 5.41) is 45.7. The molecule has 0 aliphatic heterocycles. The minimum atomic E-state index is -1.69. The fourth-order valence-electron chi connectivity index (χ4n) is 8.20. The molecule has 0 spiro atoms. The van der Waals surface area contributed by atoms with Crippen molar-refractivity contribution in [3.8, 4) is 0 Å². The van der Waals surface area contributed by atoms with Gasteiger partial charge in [0.15, 0.2) is 0 Å². The van der Waals surface area contributed by atoms with Crippen LogP contribution in [-0.2, 0) is 19.1 Å². The molecule has 0 aromatic carbocycles. The zero-order chi connectivity index (χ0) is 24.6. The van der Waals surface area contributed by atoms with Gasteiger partial charge >= 0.3 is 11.9 Å². The van der Waals surface area contributed by atoms with Crippen LogP contribution in [0.4, 0.5) is 0 Å². The van der Waals surface area contributed by atoms with Crippen molar-refractivity contribution in [2.75, 3.05) is 0 Å². The van der Waals surface area contributed by atoms with Gasteiger partial charge in [0.25, 0.3) is 0 Å². The molecule has 3 saturated carbocycles. The van der Waals surface area contributed by atoms with Gasteiger partial charge < -0.3 is 29.9 Å². The van der Waals surface area contributed by atoms with E-state index in [4.69, 9.17) is 9.47 Å². The van der Waals surface area contributed by atoms with Crippen LogP contribution in [0.2, 0.25) is 0 Å². The fourth-order valence-corrected chi connectivity index (χ4v) is 8.20. The van der Waals surface area contributed by atoms with E-state index in [1.165, 1.54) is 13.8 Å². The van der Waals surface area contributed by atoms with Gasteiger partial charge in [0.05, 0.1) is 12.2 Å². The highest BCUT2D eigenvalue weighted by atomic mass is 16.6. The summed E-state index contributed by atoms with van der Waals surface area (Å²) in [7, 11) is 0. The average Bonchev–Trinajstić information content (AvgIpc) is 2.99. The summed E-state index contributed by atoms with van der Waals surface area (Å²) in [5.74, 6) is -2.40. The Morgan fingerprint density at radius 3 is 2.30 bits per heavy atom. The number of hydrogen-bond acceptors (Lipinski definition) is 8. The van der Waals surface area contributed by atoms with Crippen LogP contribution in [0, 0.1) is 22.7 Å². The third kappa shape index (κ3) is 3.17. The first kappa shape index (κ1) is 24.6. The standard InChI is InChI=1S/C25H38O8/c1-13(26)18-8-11-25(31)23(18,5)21(33-15(3)28)19(32-14(2)27)20-22(4)9-7-17(29)12-16(22)6-10-24(20,25)30/h6,13,17-21,26,29-31H,7-12H2,1-5H3/t13?,17-,18+,19-,20+,21+,22-,23-,24-,25+/m0/s1. The molecule has 0 aromatic heterocycles. The molecular weight excluding hydrogens is 428 g/mol. The second-order valence-electron chi connectivity index (χ2n) is 11.3. The molecule has 1 unspecified atom stereocenters. The first-order valence-electron chi connectivity index (χ1n) is 12.1. The van der Waals surface area contributed by atoms with Crippen LogP contribution in [0.1, 0.15) is 73.1 Å². The number of carbonyl (C=O) groups is 2. The average molecular weight is 467 g/mol. The Kier molecular flexibility index (Phi) is 5.80. The second kappa shape index (κ2) is 7.77. The lowest BCUT2D eigenvalue weighted by molar-refractivity contribution is -0.334. The number of aliphatic hydroxyl groups is 4. The molecule has 3 fully saturated rings. The highest BCUT2D eigenvalue weighted by molar-refractivity contribution is 5.68. The van der Waals surface area contributed by atoms with Crippen molar-refractivity contribution in [3.63, 3.8) is 0 Å². The van der Waals surface area contributed by atoms with Gasteiger partial charge in [-0.3, -0.25) is 9.59 Å². The van der Waals surface area contributed by atoms with Crippen LogP contribution in [-0.4, -0.2) is 68.0 Å². The first-order valence-corrected chi connectivity index (χ1v) is 12.1. The molecular formula is C25H38O8. The molecule has 0 heterocycles. The van der Waals surface area contributed by atoms with Gasteiger partial charge in [0, 0.05) is 25.2 Å². The summed E-state index contributed by atoms with van der Waals surface area (Å²) in [4.78, 5) is 24.6. The van der Waals surface area contributed by atoms with E-state index >= 15 is 0 Å². The molecule has 0 amide bonds. The van der Waals surface area contributed by atoms with Gasteiger partial charge in [-0.25, -0.2) is 0 Å². The predicted octanol–water partition coefficient (Wildman–Crippen LogP) is 1.62. The number of ether oxygens (including phenoxy) is 2. The molecule has 0 saturated heterocycles. The summed E-state index contributed by atoms with van der Waals surface area (Å²) in [6, 6.07) is 0. The van der Waals surface area contributed by atoms with Gasteiger partial charge in [0.2, 0.25) is 0 Å².